The van der Waals surface area contributed by atoms with Gasteiger partial charge < -0.3 is 0 Å². The first-order valence-electron chi connectivity index (χ1n) is 2.10. The summed E-state index contributed by atoms with van der Waals surface area (Å²) in [5.41, 5.74) is 0.211. The Morgan fingerprint density at radius 2 is 2.67 bits per heavy atom. The van der Waals surface area contributed by atoms with Gasteiger partial charge >= 0.3 is 50.7 Å². The second kappa shape index (κ2) is 2.10. The molecular weight excluding hydrogens is 117 g/mol. The average Bonchev–Trinajstić information content (AvgIpc) is 2.33. The van der Waals surface area contributed by atoms with Gasteiger partial charge in [-0.2, -0.15) is 0 Å². The van der Waals surface area contributed by atoms with Crippen LogP contribution in [0.5, 0.6) is 0 Å². The molecule has 40 valence electrons. The fourth-order valence-electron chi connectivity index (χ4n) is 0.389. The summed E-state index contributed by atoms with van der Waals surface area (Å²) in [6.07, 6.45) is 0. The molecule has 1 rings (SSSR count). The van der Waals surface area contributed by atoms with Crippen molar-refractivity contribution < 1.29 is 4.44 Å². The zero-order valence-corrected chi connectivity index (χ0v) is 4.33. The summed E-state index contributed by atoms with van der Waals surface area (Å²) < 4.78 is 4.34. The topological polar surface area (TPSA) is 54.2 Å². The third-order valence-corrected chi connectivity index (χ3v) is 0.777. The summed E-state index contributed by atoms with van der Waals surface area (Å²) in [6.45, 7) is 6.48. The van der Waals surface area contributed by atoms with Crippen molar-refractivity contribution >= 4 is 12.7 Å². The van der Waals surface area contributed by atoms with Crippen LogP contribution in [-0.4, -0.2) is 12.3 Å². The second-order valence-corrected chi connectivity index (χ2v) is 1.27. The van der Waals surface area contributed by atoms with Crippen molar-refractivity contribution in [1.82, 2.24) is 5.16 Å². The molecule has 9 heavy (non-hydrogen) atoms. The predicted molar refractivity (Wildman–Crippen MR) is 28.8 cm³/mol. The van der Waals surface area contributed by atoms with Gasteiger partial charge in [0.05, 0.1) is 0 Å². The van der Waals surface area contributed by atoms with Crippen molar-refractivity contribution in [2.45, 2.75) is 0 Å². The van der Waals surface area contributed by atoms with Gasteiger partial charge in [0.2, 0.25) is 0 Å². The quantitative estimate of drug-likeness (QED) is 0.463. The van der Waals surface area contributed by atoms with E-state index in [2.05, 4.69) is 14.4 Å². The molecule has 0 bridgehead atoms. The number of nitriles is 1. The number of rotatable bonds is 0. The van der Waals surface area contributed by atoms with Crippen LogP contribution in [0.25, 0.3) is 4.85 Å². The van der Waals surface area contributed by atoms with Crippen LogP contribution in [0, 0.1) is 17.9 Å². The first kappa shape index (κ1) is 5.52. The fraction of sp³-hybridized carbons (Fsp3) is 0. The maximum atomic E-state index is 8.22. The van der Waals surface area contributed by atoms with Crippen LogP contribution in [0.15, 0.2) is 4.44 Å². The number of hydrogen-bond donors (Lipinski definition) is 0. The molecule has 0 aromatic carbocycles. The molecule has 1 aromatic heterocycles. The first-order valence-corrected chi connectivity index (χ1v) is 2.10. The van der Waals surface area contributed by atoms with E-state index in [-0.39, 0.29) is 11.3 Å². The molecule has 0 N–H and O–H groups in total. The van der Waals surface area contributed by atoms with Crippen molar-refractivity contribution in [2.75, 3.05) is 0 Å². The fourth-order valence-corrected chi connectivity index (χ4v) is 0.389. The van der Waals surface area contributed by atoms with Gasteiger partial charge in [0.15, 0.2) is 0 Å². The van der Waals surface area contributed by atoms with E-state index < -0.39 is 0 Å². The van der Waals surface area contributed by atoms with Gasteiger partial charge in [-0.05, 0) is 0 Å². The summed E-state index contributed by atoms with van der Waals surface area (Å²) in [4.78, 5) is 2.97. The van der Waals surface area contributed by atoms with Gasteiger partial charge in [-0.25, -0.2) is 0 Å². The summed E-state index contributed by atoms with van der Waals surface area (Å²) in [5, 5.41) is 11.5. The Balaban J connectivity index is 3.22. The van der Waals surface area contributed by atoms with E-state index >= 15 is 0 Å². The zero-order chi connectivity index (χ0) is 6.69. The average molecular weight is 117 g/mol. The molecule has 0 fully saturated rings. The van der Waals surface area contributed by atoms with Crippen LogP contribution < -0.4 is 0 Å². The molecule has 0 radical (unpaired) electrons. The van der Waals surface area contributed by atoms with Crippen LogP contribution in [0.1, 0.15) is 5.69 Å². The van der Waals surface area contributed by atoms with Crippen molar-refractivity contribution in [2.24, 2.45) is 0 Å². The van der Waals surface area contributed by atoms with E-state index in [4.69, 9.17) is 11.8 Å². The third kappa shape index (κ3) is 0.800. The first-order chi connectivity index (χ1) is 4.38. The van der Waals surface area contributed by atoms with Crippen LogP contribution in [0.4, 0.5) is 5.58 Å². The molecule has 0 saturated heterocycles. The Morgan fingerprint density at radius 1 is 1.89 bits per heavy atom. The molecule has 0 aliphatic heterocycles. The number of aromatic nitrogens is 1. The molecule has 0 aliphatic carbocycles. The molecule has 0 unspecified atom stereocenters. The number of nitrogens with zero attached hydrogens (tertiary/aromatic N) is 3. The van der Waals surface area contributed by atoms with E-state index in [1.54, 1.807) is 6.07 Å². The normalized spacial score (nSPS) is 7.33. The second-order valence-electron chi connectivity index (χ2n) is 1.27. The van der Waals surface area contributed by atoms with Crippen LogP contribution >= 0.6 is 0 Å². The Bertz CT molecular complexity index is 263. The summed E-state index contributed by atoms with van der Waals surface area (Å²) >= 11 is 0. The molecular formula is C4BN3O. The van der Waals surface area contributed by atoms with Crippen LogP contribution in [0.3, 0.4) is 0 Å². The molecule has 0 saturated carbocycles. The summed E-state index contributed by atoms with van der Waals surface area (Å²) in [5.74, 6) is 0. The van der Waals surface area contributed by atoms with E-state index in [0.29, 0.717) is 0 Å². The van der Waals surface area contributed by atoms with Gasteiger partial charge in [-0.1, -0.05) is 0 Å². The van der Waals surface area contributed by atoms with Gasteiger partial charge in [0, 0.05) is 0 Å². The number of hydrogen-bond acceptors (Lipinski definition) is 3. The molecule has 5 heteroatoms. The van der Waals surface area contributed by atoms with E-state index in [1.807, 2.05) is 0 Å². The summed E-state index contributed by atoms with van der Waals surface area (Å²) in [6, 6.07) is 1.71. The molecule has 1 heterocycles. The van der Waals surface area contributed by atoms with Crippen molar-refractivity contribution in [3.05, 3.63) is 17.1 Å². The predicted octanol–water partition coefficient (Wildman–Crippen LogP) is 0.435. The van der Waals surface area contributed by atoms with E-state index in [1.165, 1.54) is 0 Å². The standard InChI is InChI=1S/C4BN3O/c1-7-4-3(2-6)8-9-5-4. The molecule has 0 spiro atoms. The van der Waals surface area contributed by atoms with E-state index in [9.17, 15) is 0 Å². The SMILES string of the molecule is [C-]#[N+]c1bonc1C#N. The Morgan fingerprint density at radius 3 is 3.11 bits per heavy atom. The van der Waals surface area contributed by atoms with E-state index in [0.717, 1.165) is 7.13 Å². The van der Waals surface area contributed by atoms with Gasteiger partial charge in [0.25, 0.3) is 0 Å². The Labute approximate surface area is 51.8 Å². The minimum absolute atomic E-state index is 0.0463. The van der Waals surface area contributed by atoms with Gasteiger partial charge in [-0.3, -0.25) is 0 Å². The molecule has 0 atom stereocenters. The third-order valence-electron chi connectivity index (χ3n) is 0.777. The summed E-state index contributed by atoms with van der Waals surface area (Å²) in [7, 11) is 1.14. The molecule has 4 nitrogen and oxygen atoms in total. The van der Waals surface area contributed by atoms with Crippen LogP contribution in [0.2, 0.25) is 0 Å². The zero-order valence-electron chi connectivity index (χ0n) is 4.33. The van der Waals surface area contributed by atoms with Crippen molar-refractivity contribution in [3.63, 3.8) is 0 Å². The molecule has 1 aromatic rings. The van der Waals surface area contributed by atoms with Gasteiger partial charge in [0.1, 0.15) is 0 Å². The monoisotopic (exact) mass is 117 g/mol. The van der Waals surface area contributed by atoms with Gasteiger partial charge in [-0.15, -0.1) is 0 Å². The Hall–Kier alpha value is -1.62. The molecule has 0 aliphatic rings. The Kier molecular flexibility index (Phi) is 1.29. The van der Waals surface area contributed by atoms with Crippen molar-refractivity contribution in [3.8, 4) is 6.07 Å². The maximum absolute atomic E-state index is 8.22. The van der Waals surface area contributed by atoms with Crippen LogP contribution in [-0.2, 0) is 0 Å². The minimum atomic E-state index is 0.0463. The van der Waals surface area contributed by atoms with Crippen molar-refractivity contribution in [1.29, 1.82) is 5.26 Å². The molecule has 0 amide bonds.